The third-order valence-corrected chi connectivity index (χ3v) is 2.86. The van der Waals surface area contributed by atoms with Crippen LogP contribution in [0.1, 0.15) is 30.8 Å². The van der Waals surface area contributed by atoms with E-state index in [4.69, 9.17) is 4.74 Å². The Labute approximate surface area is 128 Å². The van der Waals surface area contributed by atoms with Gasteiger partial charge in [0.1, 0.15) is 5.82 Å². The Morgan fingerprint density at radius 3 is 3.00 bits per heavy atom. The Morgan fingerprint density at radius 2 is 2.27 bits per heavy atom. The van der Waals surface area contributed by atoms with Gasteiger partial charge in [0.15, 0.2) is 5.69 Å². The normalized spacial score (nSPS) is 10.9. The lowest BCUT2D eigenvalue weighted by Gasteiger charge is -2.07. The van der Waals surface area contributed by atoms with E-state index in [1.165, 1.54) is 23.0 Å². The van der Waals surface area contributed by atoms with Crippen molar-refractivity contribution in [1.29, 1.82) is 0 Å². The molecular formula is C15H19FN4O2. The Bertz CT molecular complexity index is 628. The van der Waals surface area contributed by atoms with E-state index in [1.807, 2.05) is 13.8 Å². The minimum atomic E-state index is -0.371. The highest BCUT2D eigenvalue weighted by molar-refractivity contribution is 5.91. The molecule has 0 bridgehead atoms. The smallest absolute Gasteiger partial charge is 0.273 e. The largest absolute Gasteiger partial charge is 0.379 e. The van der Waals surface area contributed by atoms with Gasteiger partial charge in [0, 0.05) is 13.2 Å². The predicted molar refractivity (Wildman–Crippen MR) is 79.4 cm³/mol. The first-order valence-electron chi connectivity index (χ1n) is 7.14. The molecule has 118 valence electrons. The summed E-state index contributed by atoms with van der Waals surface area (Å²) in [6, 6.07) is 5.91. The molecule has 22 heavy (non-hydrogen) atoms. The number of amides is 1. The highest BCUT2D eigenvalue weighted by Gasteiger charge is 2.11. The standard InChI is InChI=1S/C15H19FN4O2/c1-11(2)22-8-4-7-17-15(21)14-10-20(19-18-14)13-6-3-5-12(16)9-13/h3,5-6,9-11H,4,7-8H2,1-2H3,(H,17,21). The Balaban J connectivity index is 1.87. The lowest BCUT2D eigenvalue weighted by Crippen LogP contribution is -2.25. The molecule has 7 heteroatoms. The summed E-state index contributed by atoms with van der Waals surface area (Å²) in [7, 11) is 0. The van der Waals surface area contributed by atoms with Crippen LogP contribution in [0.5, 0.6) is 0 Å². The molecule has 1 aromatic heterocycles. The highest BCUT2D eigenvalue weighted by atomic mass is 19.1. The minimum Gasteiger partial charge on any atom is -0.379 e. The quantitative estimate of drug-likeness (QED) is 0.794. The molecule has 0 spiro atoms. The third-order valence-electron chi connectivity index (χ3n) is 2.86. The number of aromatic nitrogens is 3. The van der Waals surface area contributed by atoms with E-state index in [2.05, 4.69) is 15.6 Å². The lowest BCUT2D eigenvalue weighted by molar-refractivity contribution is 0.0756. The summed E-state index contributed by atoms with van der Waals surface area (Å²) in [5.74, 6) is -0.684. The van der Waals surface area contributed by atoms with Crippen molar-refractivity contribution in [2.45, 2.75) is 26.4 Å². The van der Waals surface area contributed by atoms with Gasteiger partial charge < -0.3 is 10.1 Å². The number of carbonyl (C=O) groups excluding carboxylic acids is 1. The molecule has 0 saturated heterocycles. The molecule has 1 heterocycles. The van der Waals surface area contributed by atoms with E-state index in [0.717, 1.165) is 6.42 Å². The molecule has 1 amide bonds. The number of hydrogen-bond acceptors (Lipinski definition) is 4. The van der Waals surface area contributed by atoms with Crippen LogP contribution in [0.2, 0.25) is 0 Å². The van der Waals surface area contributed by atoms with Gasteiger partial charge in [-0.1, -0.05) is 11.3 Å². The van der Waals surface area contributed by atoms with E-state index in [0.29, 0.717) is 18.8 Å². The van der Waals surface area contributed by atoms with Gasteiger partial charge in [-0.05, 0) is 38.5 Å². The Hall–Kier alpha value is -2.28. The molecule has 0 saturated carbocycles. The molecule has 0 atom stereocenters. The Morgan fingerprint density at radius 1 is 1.45 bits per heavy atom. The van der Waals surface area contributed by atoms with Gasteiger partial charge in [-0.2, -0.15) is 0 Å². The number of carbonyl (C=O) groups is 1. The average Bonchev–Trinajstić information content (AvgIpc) is 2.96. The second-order valence-electron chi connectivity index (χ2n) is 5.06. The van der Waals surface area contributed by atoms with Gasteiger partial charge in [0.25, 0.3) is 5.91 Å². The number of nitrogens with zero attached hydrogens (tertiary/aromatic N) is 3. The fourth-order valence-corrected chi connectivity index (χ4v) is 1.80. The van der Waals surface area contributed by atoms with Crippen LogP contribution in [-0.2, 0) is 4.74 Å². The van der Waals surface area contributed by atoms with Crippen LogP contribution in [0.25, 0.3) is 5.69 Å². The highest BCUT2D eigenvalue weighted by Crippen LogP contribution is 2.08. The lowest BCUT2D eigenvalue weighted by atomic mass is 10.3. The number of benzene rings is 1. The predicted octanol–water partition coefficient (Wildman–Crippen LogP) is 1.95. The molecule has 0 unspecified atom stereocenters. The first-order chi connectivity index (χ1) is 10.6. The average molecular weight is 306 g/mol. The van der Waals surface area contributed by atoms with Crippen molar-refractivity contribution >= 4 is 5.91 Å². The minimum absolute atomic E-state index is 0.182. The molecule has 0 fully saturated rings. The van der Waals surface area contributed by atoms with E-state index in [9.17, 15) is 9.18 Å². The molecule has 0 radical (unpaired) electrons. The van der Waals surface area contributed by atoms with Gasteiger partial charge in [0.05, 0.1) is 18.0 Å². The van der Waals surface area contributed by atoms with Crippen molar-refractivity contribution in [1.82, 2.24) is 20.3 Å². The fraction of sp³-hybridized carbons (Fsp3) is 0.400. The zero-order valence-corrected chi connectivity index (χ0v) is 12.6. The van der Waals surface area contributed by atoms with Crippen LogP contribution in [0.4, 0.5) is 4.39 Å². The van der Waals surface area contributed by atoms with Crippen LogP contribution in [0, 0.1) is 5.82 Å². The summed E-state index contributed by atoms with van der Waals surface area (Å²) in [5, 5.41) is 10.4. The van der Waals surface area contributed by atoms with Gasteiger partial charge in [0.2, 0.25) is 0 Å². The third kappa shape index (κ3) is 4.63. The number of ether oxygens (including phenoxy) is 1. The fourth-order valence-electron chi connectivity index (χ4n) is 1.80. The van der Waals surface area contributed by atoms with E-state index < -0.39 is 0 Å². The summed E-state index contributed by atoms with van der Waals surface area (Å²) in [5.41, 5.74) is 0.700. The van der Waals surface area contributed by atoms with Gasteiger partial charge in [-0.3, -0.25) is 4.79 Å². The van der Waals surface area contributed by atoms with Gasteiger partial charge >= 0.3 is 0 Å². The van der Waals surface area contributed by atoms with Crippen molar-refractivity contribution < 1.29 is 13.9 Å². The van der Waals surface area contributed by atoms with Crippen molar-refractivity contribution in [3.8, 4) is 5.69 Å². The first kappa shape index (κ1) is 16.1. The molecule has 2 rings (SSSR count). The summed E-state index contributed by atoms with van der Waals surface area (Å²) >= 11 is 0. The Kier molecular flexibility index (Phi) is 5.60. The second kappa shape index (κ2) is 7.65. The second-order valence-corrected chi connectivity index (χ2v) is 5.06. The maximum Gasteiger partial charge on any atom is 0.273 e. The number of halogens is 1. The van der Waals surface area contributed by atoms with Crippen LogP contribution < -0.4 is 5.32 Å². The molecule has 1 N–H and O–H groups in total. The summed E-state index contributed by atoms with van der Waals surface area (Å²) < 4.78 is 19.9. The van der Waals surface area contributed by atoms with Crippen LogP contribution in [0.3, 0.4) is 0 Å². The summed E-state index contributed by atoms with van der Waals surface area (Å²) in [6.45, 7) is 5.01. The number of nitrogens with one attached hydrogen (secondary N) is 1. The summed E-state index contributed by atoms with van der Waals surface area (Å²) in [6.07, 6.45) is 2.37. The zero-order chi connectivity index (χ0) is 15.9. The molecular weight excluding hydrogens is 287 g/mol. The van der Waals surface area contributed by atoms with Gasteiger partial charge in [-0.15, -0.1) is 5.10 Å². The van der Waals surface area contributed by atoms with Crippen LogP contribution >= 0.6 is 0 Å². The maximum atomic E-state index is 13.2. The SMILES string of the molecule is CC(C)OCCCNC(=O)c1cn(-c2cccc(F)c2)nn1. The number of hydrogen-bond donors (Lipinski definition) is 1. The molecule has 2 aromatic rings. The monoisotopic (exact) mass is 306 g/mol. The van der Waals surface area contributed by atoms with Crippen molar-refractivity contribution in [2.75, 3.05) is 13.2 Å². The first-order valence-corrected chi connectivity index (χ1v) is 7.14. The zero-order valence-electron chi connectivity index (χ0n) is 12.6. The van der Waals surface area contributed by atoms with Crippen molar-refractivity contribution in [2.24, 2.45) is 0 Å². The molecule has 1 aromatic carbocycles. The van der Waals surface area contributed by atoms with Crippen molar-refractivity contribution in [3.63, 3.8) is 0 Å². The van der Waals surface area contributed by atoms with E-state index in [1.54, 1.807) is 12.1 Å². The number of rotatable bonds is 7. The molecule has 6 nitrogen and oxygen atoms in total. The van der Waals surface area contributed by atoms with Crippen LogP contribution in [0.15, 0.2) is 30.5 Å². The van der Waals surface area contributed by atoms with Crippen LogP contribution in [-0.4, -0.2) is 40.2 Å². The maximum absolute atomic E-state index is 13.2. The topological polar surface area (TPSA) is 69.0 Å². The molecule has 0 aliphatic carbocycles. The summed E-state index contributed by atoms with van der Waals surface area (Å²) in [4.78, 5) is 11.9. The molecule has 0 aliphatic rings. The van der Waals surface area contributed by atoms with Crippen molar-refractivity contribution in [3.05, 3.63) is 42.0 Å². The molecule has 0 aliphatic heterocycles. The van der Waals surface area contributed by atoms with E-state index >= 15 is 0 Å². The van der Waals surface area contributed by atoms with E-state index in [-0.39, 0.29) is 23.5 Å². The van der Waals surface area contributed by atoms with Gasteiger partial charge in [-0.25, -0.2) is 9.07 Å².